The molecule has 3 aromatic rings. The van der Waals surface area contributed by atoms with E-state index in [1.54, 1.807) is 18.2 Å². The van der Waals surface area contributed by atoms with Gasteiger partial charge in [-0.2, -0.15) is 8.78 Å². The molecule has 1 aromatic carbocycles. The lowest BCUT2D eigenvalue weighted by molar-refractivity contribution is -0.0498. The van der Waals surface area contributed by atoms with Crippen LogP contribution in [0.1, 0.15) is 16.2 Å². The Labute approximate surface area is 129 Å². The van der Waals surface area contributed by atoms with Crippen molar-refractivity contribution in [2.45, 2.75) is 13.5 Å². The Hall–Kier alpha value is -2.96. The second kappa shape index (κ2) is 6.04. The van der Waals surface area contributed by atoms with Crippen molar-refractivity contribution in [2.75, 3.05) is 5.32 Å². The van der Waals surface area contributed by atoms with Crippen LogP contribution in [0.2, 0.25) is 0 Å². The van der Waals surface area contributed by atoms with Crippen molar-refractivity contribution < 1.29 is 22.7 Å². The third kappa shape index (κ3) is 3.45. The van der Waals surface area contributed by atoms with Gasteiger partial charge in [-0.05, 0) is 43.3 Å². The number of nitrogens with zero attached hydrogens (tertiary/aromatic N) is 1. The van der Waals surface area contributed by atoms with Crippen LogP contribution in [0.3, 0.4) is 0 Å². The van der Waals surface area contributed by atoms with Gasteiger partial charge >= 0.3 is 6.61 Å². The first-order valence-corrected chi connectivity index (χ1v) is 6.75. The number of amides is 1. The van der Waals surface area contributed by atoms with Gasteiger partial charge in [-0.15, -0.1) is 0 Å². The number of alkyl halides is 2. The molecule has 2 heterocycles. The smallest absolute Gasteiger partial charge is 0.387 e. The Morgan fingerprint density at radius 2 is 1.96 bits per heavy atom. The Kier molecular flexibility index (Phi) is 3.92. The lowest BCUT2D eigenvalue weighted by Crippen LogP contribution is -2.10. The molecule has 0 saturated heterocycles. The van der Waals surface area contributed by atoms with Crippen molar-refractivity contribution in [3.05, 3.63) is 53.9 Å². The fraction of sp³-hybridized carbons (Fsp3) is 0.125. The number of hydrogen-bond donors (Lipinski definition) is 1. The molecule has 2 aromatic heterocycles. The molecular weight excluding hydrogens is 306 g/mol. The molecule has 0 saturated carbocycles. The standard InChI is InChI=1S/C16H12F2N2O3/c1-9-2-7-13-12(19-9)8-14(23-13)15(21)20-10-3-5-11(6-4-10)22-16(17)18/h2-8,16H,1H3,(H,20,21). The van der Waals surface area contributed by atoms with Gasteiger partial charge < -0.3 is 14.5 Å². The maximum absolute atomic E-state index is 12.1. The first-order chi connectivity index (χ1) is 11.0. The molecule has 1 amide bonds. The van der Waals surface area contributed by atoms with Crippen molar-refractivity contribution >= 4 is 22.7 Å². The molecule has 0 atom stereocenters. The van der Waals surface area contributed by atoms with E-state index in [9.17, 15) is 13.6 Å². The second-order valence-corrected chi connectivity index (χ2v) is 4.80. The average Bonchev–Trinajstić information content (AvgIpc) is 2.92. The Balaban J connectivity index is 1.74. The van der Waals surface area contributed by atoms with Crippen molar-refractivity contribution in [2.24, 2.45) is 0 Å². The number of furan rings is 1. The van der Waals surface area contributed by atoms with Crippen molar-refractivity contribution in [1.82, 2.24) is 4.98 Å². The Morgan fingerprint density at radius 1 is 1.22 bits per heavy atom. The molecule has 23 heavy (non-hydrogen) atoms. The first kappa shape index (κ1) is 15.0. The molecule has 118 valence electrons. The van der Waals surface area contributed by atoms with Crippen LogP contribution in [0, 0.1) is 6.92 Å². The lowest BCUT2D eigenvalue weighted by Gasteiger charge is -2.06. The molecule has 7 heteroatoms. The highest BCUT2D eigenvalue weighted by atomic mass is 19.3. The zero-order valence-corrected chi connectivity index (χ0v) is 12.0. The number of carbonyl (C=O) groups excluding carboxylic acids is 1. The number of nitrogens with one attached hydrogen (secondary N) is 1. The number of ether oxygens (including phenoxy) is 1. The summed E-state index contributed by atoms with van der Waals surface area (Å²) in [5.41, 5.74) is 2.36. The van der Waals surface area contributed by atoms with Crippen molar-refractivity contribution in [3.63, 3.8) is 0 Å². The molecule has 0 spiro atoms. The van der Waals surface area contributed by atoms with Gasteiger partial charge in [0.2, 0.25) is 0 Å². The van der Waals surface area contributed by atoms with Crippen molar-refractivity contribution in [3.8, 4) is 5.75 Å². The first-order valence-electron chi connectivity index (χ1n) is 6.75. The minimum Gasteiger partial charge on any atom is -0.449 e. The van der Waals surface area contributed by atoms with Gasteiger partial charge in [0, 0.05) is 17.4 Å². The molecule has 0 bridgehead atoms. The van der Waals surface area contributed by atoms with Gasteiger partial charge in [-0.25, -0.2) is 4.98 Å². The predicted octanol–water partition coefficient (Wildman–Crippen LogP) is 3.99. The zero-order valence-electron chi connectivity index (χ0n) is 12.0. The van der Waals surface area contributed by atoms with Crippen LogP contribution in [0.5, 0.6) is 5.75 Å². The molecular formula is C16H12F2N2O3. The number of aromatic nitrogens is 1. The van der Waals surface area contributed by atoms with Gasteiger partial charge in [-0.1, -0.05) is 0 Å². The molecule has 5 nitrogen and oxygen atoms in total. The summed E-state index contributed by atoms with van der Waals surface area (Å²) >= 11 is 0. The summed E-state index contributed by atoms with van der Waals surface area (Å²) in [4.78, 5) is 16.4. The normalized spacial score (nSPS) is 11.0. The van der Waals surface area contributed by atoms with E-state index in [-0.39, 0.29) is 11.5 Å². The average molecular weight is 318 g/mol. The summed E-state index contributed by atoms with van der Waals surface area (Å²) in [6, 6.07) is 10.7. The summed E-state index contributed by atoms with van der Waals surface area (Å²) in [6.07, 6.45) is 0. The number of anilines is 1. The van der Waals surface area contributed by atoms with E-state index in [0.717, 1.165) is 5.69 Å². The molecule has 3 rings (SSSR count). The van der Waals surface area contributed by atoms with Crippen LogP contribution in [0.15, 0.2) is 46.9 Å². The molecule has 0 radical (unpaired) electrons. The fourth-order valence-corrected chi connectivity index (χ4v) is 2.05. The van der Waals surface area contributed by atoms with Crippen LogP contribution >= 0.6 is 0 Å². The second-order valence-electron chi connectivity index (χ2n) is 4.80. The number of fused-ring (bicyclic) bond motifs is 1. The Bertz CT molecular complexity index is 844. The molecule has 0 aliphatic heterocycles. The van der Waals surface area contributed by atoms with Crippen LogP contribution < -0.4 is 10.1 Å². The van der Waals surface area contributed by atoms with E-state index in [4.69, 9.17) is 4.42 Å². The highest BCUT2D eigenvalue weighted by molar-refractivity contribution is 6.04. The lowest BCUT2D eigenvalue weighted by atomic mass is 10.3. The quantitative estimate of drug-likeness (QED) is 0.790. The van der Waals surface area contributed by atoms with Crippen molar-refractivity contribution in [1.29, 1.82) is 0 Å². The van der Waals surface area contributed by atoms with E-state index in [1.807, 2.05) is 6.92 Å². The minimum atomic E-state index is -2.89. The van der Waals surface area contributed by atoms with Crippen LogP contribution in [0.25, 0.3) is 11.1 Å². The predicted molar refractivity (Wildman–Crippen MR) is 79.8 cm³/mol. The third-order valence-electron chi connectivity index (χ3n) is 3.07. The number of halogens is 2. The number of aryl methyl sites for hydroxylation is 1. The van der Waals surface area contributed by atoms with Crippen LogP contribution in [0.4, 0.5) is 14.5 Å². The molecule has 0 aliphatic carbocycles. The maximum Gasteiger partial charge on any atom is 0.387 e. The highest BCUT2D eigenvalue weighted by Crippen LogP contribution is 2.21. The molecule has 0 unspecified atom stereocenters. The summed E-state index contributed by atoms with van der Waals surface area (Å²) in [7, 11) is 0. The summed E-state index contributed by atoms with van der Waals surface area (Å²) in [5, 5.41) is 2.61. The van der Waals surface area contributed by atoms with Gasteiger partial charge in [0.05, 0.1) is 0 Å². The summed E-state index contributed by atoms with van der Waals surface area (Å²) in [5.74, 6) is -0.324. The van der Waals surface area contributed by atoms with E-state index < -0.39 is 12.5 Å². The number of benzene rings is 1. The molecule has 1 N–H and O–H groups in total. The number of rotatable bonds is 4. The fourth-order valence-electron chi connectivity index (χ4n) is 2.05. The van der Waals surface area contributed by atoms with Crippen LogP contribution in [-0.2, 0) is 0 Å². The summed E-state index contributed by atoms with van der Waals surface area (Å²) < 4.78 is 33.8. The minimum absolute atomic E-state index is 0.0152. The van der Waals surface area contributed by atoms with Gasteiger partial charge in [-0.3, -0.25) is 4.79 Å². The number of hydrogen-bond acceptors (Lipinski definition) is 4. The third-order valence-corrected chi connectivity index (χ3v) is 3.07. The van der Waals surface area contributed by atoms with Crippen LogP contribution in [-0.4, -0.2) is 17.5 Å². The topological polar surface area (TPSA) is 64.4 Å². The Morgan fingerprint density at radius 3 is 2.65 bits per heavy atom. The summed E-state index contributed by atoms with van der Waals surface area (Å²) in [6.45, 7) is -1.04. The van der Waals surface area contributed by atoms with Gasteiger partial charge in [0.15, 0.2) is 11.3 Å². The highest BCUT2D eigenvalue weighted by Gasteiger charge is 2.13. The SMILES string of the molecule is Cc1ccc2oc(C(=O)Nc3ccc(OC(F)F)cc3)cc2n1. The van der Waals surface area contributed by atoms with E-state index >= 15 is 0 Å². The molecule has 0 aliphatic rings. The van der Waals surface area contributed by atoms with Gasteiger partial charge in [0.1, 0.15) is 11.3 Å². The zero-order chi connectivity index (χ0) is 16.4. The van der Waals surface area contributed by atoms with E-state index in [2.05, 4.69) is 15.0 Å². The number of pyridine rings is 1. The van der Waals surface area contributed by atoms with E-state index in [1.165, 1.54) is 24.3 Å². The largest absolute Gasteiger partial charge is 0.449 e. The number of carbonyl (C=O) groups is 1. The maximum atomic E-state index is 12.1. The molecule has 0 fully saturated rings. The monoisotopic (exact) mass is 318 g/mol. The van der Waals surface area contributed by atoms with E-state index in [0.29, 0.717) is 16.8 Å². The van der Waals surface area contributed by atoms with Gasteiger partial charge in [0.25, 0.3) is 5.91 Å².